The minimum absolute atomic E-state index is 0.0463. The van der Waals surface area contributed by atoms with Crippen LogP contribution >= 0.6 is 0 Å². The number of carbonyl (C=O) groups is 2. The molecule has 0 unspecified atom stereocenters. The molecule has 1 aromatic rings. The maximum atomic E-state index is 12.8. The van der Waals surface area contributed by atoms with Crippen LogP contribution in [0.15, 0.2) is 24.3 Å². The molecule has 4 rings (SSSR count). The summed E-state index contributed by atoms with van der Waals surface area (Å²) in [4.78, 5) is 33.0. The van der Waals surface area contributed by atoms with Crippen molar-refractivity contribution in [3.05, 3.63) is 29.8 Å². The van der Waals surface area contributed by atoms with Gasteiger partial charge in [0.05, 0.1) is 6.61 Å². The van der Waals surface area contributed by atoms with Crippen LogP contribution in [0.1, 0.15) is 31.2 Å². The first kappa shape index (κ1) is 22.9. The van der Waals surface area contributed by atoms with Gasteiger partial charge in [-0.1, -0.05) is 18.2 Å². The van der Waals surface area contributed by atoms with Gasteiger partial charge in [-0.3, -0.25) is 4.90 Å². The lowest BCUT2D eigenvalue weighted by Crippen LogP contribution is -2.53. The van der Waals surface area contributed by atoms with Gasteiger partial charge in [0.15, 0.2) is 0 Å². The minimum atomic E-state index is -0.230. The Hall–Kier alpha value is -2.32. The molecule has 32 heavy (non-hydrogen) atoms. The largest absolute Gasteiger partial charge is 0.447 e. The Morgan fingerprint density at radius 3 is 2.41 bits per heavy atom. The van der Waals surface area contributed by atoms with Gasteiger partial charge in [0, 0.05) is 58.0 Å². The first-order chi connectivity index (χ1) is 15.4. The number of fused-ring (bicyclic) bond motifs is 2. The molecule has 2 fully saturated rings. The molecule has 3 heterocycles. The highest BCUT2D eigenvalue weighted by atomic mass is 16.6. The molecule has 0 atom stereocenters. The third-order valence-corrected chi connectivity index (χ3v) is 7.35. The molecule has 0 aliphatic carbocycles. The van der Waals surface area contributed by atoms with Crippen molar-refractivity contribution in [3.8, 4) is 0 Å². The second kappa shape index (κ2) is 9.67. The number of ether oxygens (including phenoxy) is 2. The number of anilines is 1. The molecule has 3 aliphatic heterocycles. The van der Waals surface area contributed by atoms with E-state index in [2.05, 4.69) is 23.1 Å². The lowest BCUT2D eigenvalue weighted by molar-refractivity contribution is 0.0455. The summed E-state index contributed by atoms with van der Waals surface area (Å²) in [5.74, 6) is 0. The zero-order valence-corrected chi connectivity index (χ0v) is 19.6. The summed E-state index contributed by atoms with van der Waals surface area (Å²) >= 11 is 0. The number of para-hydroxylation sites is 1. The van der Waals surface area contributed by atoms with Crippen molar-refractivity contribution >= 4 is 17.8 Å². The van der Waals surface area contributed by atoms with E-state index in [4.69, 9.17) is 9.47 Å². The van der Waals surface area contributed by atoms with Crippen molar-refractivity contribution in [2.24, 2.45) is 0 Å². The quantitative estimate of drug-likeness (QED) is 0.668. The third kappa shape index (κ3) is 4.43. The molecule has 0 radical (unpaired) electrons. The van der Waals surface area contributed by atoms with Crippen LogP contribution in [0.25, 0.3) is 0 Å². The van der Waals surface area contributed by atoms with Gasteiger partial charge in [-0.15, -0.1) is 0 Å². The fraction of sp³-hybridized carbons (Fsp3) is 0.667. The molecule has 3 aliphatic rings. The first-order valence-corrected chi connectivity index (χ1v) is 11.7. The van der Waals surface area contributed by atoms with Crippen molar-refractivity contribution in [1.82, 2.24) is 14.7 Å². The SMILES string of the molecule is COCCOC(=O)N1CCC(N2CCC3(CC2)CN(C(=O)N(C)C)c2ccccc23)CC1. The van der Waals surface area contributed by atoms with E-state index >= 15 is 0 Å². The van der Waals surface area contributed by atoms with Crippen LogP contribution in [-0.4, -0.2) is 100 Å². The van der Waals surface area contributed by atoms with E-state index in [0.717, 1.165) is 64.1 Å². The van der Waals surface area contributed by atoms with Crippen molar-refractivity contribution in [3.63, 3.8) is 0 Å². The van der Waals surface area contributed by atoms with Gasteiger partial charge in [0.25, 0.3) is 0 Å². The Bertz CT molecular complexity index is 814. The van der Waals surface area contributed by atoms with Gasteiger partial charge in [-0.25, -0.2) is 9.59 Å². The number of amides is 3. The van der Waals surface area contributed by atoms with Crippen LogP contribution in [0, 0.1) is 0 Å². The second-order valence-electron chi connectivity index (χ2n) is 9.42. The van der Waals surface area contributed by atoms with Gasteiger partial charge in [0.1, 0.15) is 6.61 Å². The zero-order chi connectivity index (χ0) is 22.7. The van der Waals surface area contributed by atoms with Crippen molar-refractivity contribution in [2.75, 3.05) is 72.0 Å². The van der Waals surface area contributed by atoms with E-state index in [9.17, 15) is 9.59 Å². The lowest BCUT2D eigenvalue weighted by atomic mass is 9.74. The average molecular weight is 445 g/mol. The van der Waals surface area contributed by atoms with Crippen LogP contribution in [0.4, 0.5) is 15.3 Å². The van der Waals surface area contributed by atoms with Crippen LogP contribution < -0.4 is 4.90 Å². The Labute approximate surface area is 191 Å². The number of benzene rings is 1. The summed E-state index contributed by atoms with van der Waals surface area (Å²) in [6, 6.07) is 8.98. The van der Waals surface area contributed by atoms with Gasteiger partial charge in [0.2, 0.25) is 0 Å². The summed E-state index contributed by atoms with van der Waals surface area (Å²) in [6.45, 7) is 5.04. The first-order valence-electron chi connectivity index (χ1n) is 11.7. The van der Waals surface area contributed by atoms with Gasteiger partial charge >= 0.3 is 12.1 Å². The smallest absolute Gasteiger partial charge is 0.409 e. The second-order valence-corrected chi connectivity index (χ2v) is 9.42. The Morgan fingerprint density at radius 1 is 1.06 bits per heavy atom. The van der Waals surface area contributed by atoms with Crippen LogP contribution in [0.3, 0.4) is 0 Å². The van der Waals surface area contributed by atoms with Crippen molar-refractivity contribution in [1.29, 1.82) is 0 Å². The fourth-order valence-corrected chi connectivity index (χ4v) is 5.50. The molecule has 1 spiro atoms. The summed E-state index contributed by atoms with van der Waals surface area (Å²) in [6.07, 6.45) is 3.84. The van der Waals surface area contributed by atoms with Crippen molar-refractivity contribution in [2.45, 2.75) is 37.1 Å². The highest BCUT2D eigenvalue weighted by Crippen LogP contribution is 2.47. The van der Waals surface area contributed by atoms with E-state index in [1.165, 1.54) is 5.56 Å². The topological polar surface area (TPSA) is 65.6 Å². The molecule has 2 saturated heterocycles. The number of carbonyl (C=O) groups excluding carboxylic acids is 2. The minimum Gasteiger partial charge on any atom is -0.447 e. The molecular formula is C24H36N4O4. The summed E-state index contributed by atoms with van der Waals surface area (Å²) < 4.78 is 10.2. The van der Waals surface area contributed by atoms with Gasteiger partial charge < -0.3 is 24.2 Å². The van der Waals surface area contributed by atoms with Crippen LogP contribution in [-0.2, 0) is 14.9 Å². The lowest BCUT2D eigenvalue weighted by Gasteiger charge is -2.45. The molecule has 8 heteroatoms. The monoisotopic (exact) mass is 444 g/mol. The third-order valence-electron chi connectivity index (χ3n) is 7.35. The fourth-order valence-electron chi connectivity index (χ4n) is 5.50. The van der Waals surface area contributed by atoms with E-state index in [0.29, 0.717) is 19.3 Å². The Balaban J connectivity index is 1.34. The number of rotatable bonds is 4. The van der Waals surface area contributed by atoms with Gasteiger partial charge in [-0.2, -0.15) is 0 Å². The molecule has 0 bridgehead atoms. The predicted octanol–water partition coefficient (Wildman–Crippen LogP) is 2.77. The normalized spacial score (nSPS) is 21.0. The molecule has 0 N–H and O–H groups in total. The number of piperidine rings is 2. The summed E-state index contributed by atoms with van der Waals surface area (Å²) in [7, 11) is 5.24. The van der Waals surface area contributed by atoms with E-state index in [1.54, 1.807) is 12.0 Å². The highest BCUT2D eigenvalue weighted by Gasteiger charge is 2.47. The van der Waals surface area contributed by atoms with E-state index in [-0.39, 0.29) is 17.5 Å². The van der Waals surface area contributed by atoms with Crippen molar-refractivity contribution < 1.29 is 19.1 Å². The maximum absolute atomic E-state index is 12.8. The molecule has 8 nitrogen and oxygen atoms in total. The number of methoxy groups -OCH3 is 1. The molecule has 1 aromatic carbocycles. The molecule has 0 aromatic heterocycles. The number of hydrogen-bond acceptors (Lipinski definition) is 5. The molecule has 3 amide bonds. The maximum Gasteiger partial charge on any atom is 0.409 e. The molecule has 176 valence electrons. The van der Waals surface area contributed by atoms with E-state index in [1.807, 2.05) is 30.0 Å². The number of urea groups is 1. The number of likely N-dealkylation sites (tertiary alicyclic amines) is 2. The van der Waals surface area contributed by atoms with Gasteiger partial charge in [-0.05, 0) is 50.4 Å². The van der Waals surface area contributed by atoms with Crippen LogP contribution in [0.2, 0.25) is 0 Å². The summed E-state index contributed by atoms with van der Waals surface area (Å²) in [5, 5.41) is 0. The standard InChI is InChI=1S/C24H36N4O4/c1-25(2)22(29)28-18-24(20-6-4-5-7-21(20)28)10-14-26(15-11-24)19-8-12-27(13-9-19)23(30)32-17-16-31-3/h4-7,19H,8-18H2,1-3H3. The number of hydrogen-bond donors (Lipinski definition) is 0. The molecular weight excluding hydrogens is 408 g/mol. The average Bonchev–Trinajstić information content (AvgIpc) is 3.13. The molecule has 0 saturated carbocycles. The highest BCUT2D eigenvalue weighted by molar-refractivity contribution is 5.95. The Kier molecular flexibility index (Phi) is 6.90. The Morgan fingerprint density at radius 2 is 1.75 bits per heavy atom. The predicted molar refractivity (Wildman–Crippen MR) is 123 cm³/mol. The van der Waals surface area contributed by atoms with E-state index < -0.39 is 0 Å². The zero-order valence-electron chi connectivity index (χ0n) is 19.6. The summed E-state index contributed by atoms with van der Waals surface area (Å²) in [5.41, 5.74) is 2.44. The van der Waals surface area contributed by atoms with Crippen LogP contribution in [0.5, 0.6) is 0 Å². The number of nitrogens with zero attached hydrogens (tertiary/aromatic N) is 4.